The van der Waals surface area contributed by atoms with Gasteiger partial charge in [0.25, 0.3) is 0 Å². The highest BCUT2D eigenvalue weighted by Crippen LogP contribution is 2.22. The molecule has 2 aromatic carbocycles. The summed E-state index contributed by atoms with van der Waals surface area (Å²) in [5.41, 5.74) is 10.0. The van der Waals surface area contributed by atoms with Crippen LogP contribution in [0, 0.1) is 0 Å². The van der Waals surface area contributed by atoms with Crippen LogP contribution >= 0.6 is 15.9 Å². The van der Waals surface area contributed by atoms with Gasteiger partial charge in [0.2, 0.25) is 0 Å². The summed E-state index contributed by atoms with van der Waals surface area (Å²) in [5, 5.41) is 0. The first kappa shape index (κ1) is 13.2. The molecule has 0 aliphatic heterocycles. The van der Waals surface area contributed by atoms with Crippen molar-refractivity contribution in [2.24, 2.45) is 5.73 Å². The van der Waals surface area contributed by atoms with Crippen molar-refractivity contribution < 1.29 is 0 Å². The third kappa shape index (κ3) is 2.71. The number of rotatable bonds is 3. The average molecular weight is 328 g/mol. The summed E-state index contributed by atoms with van der Waals surface area (Å²) in [6.45, 7) is 0. The van der Waals surface area contributed by atoms with E-state index in [4.69, 9.17) is 5.73 Å². The highest BCUT2D eigenvalue weighted by Gasteiger charge is 2.11. The molecule has 3 rings (SSSR count). The molecule has 20 heavy (non-hydrogen) atoms. The average Bonchev–Trinajstić information content (AvgIpc) is 2.49. The number of benzene rings is 2. The van der Waals surface area contributed by atoms with Gasteiger partial charge < -0.3 is 5.73 Å². The minimum absolute atomic E-state index is 0.161. The molecule has 0 fully saturated rings. The third-order valence-corrected chi connectivity index (χ3v) is 4.02. The van der Waals surface area contributed by atoms with Gasteiger partial charge in [-0.1, -0.05) is 46.3 Å². The Bertz CT molecular complexity index is 742. The predicted octanol–water partition coefficient (Wildman–Crippen LogP) is 3.63. The van der Waals surface area contributed by atoms with Gasteiger partial charge in [-0.15, -0.1) is 0 Å². The van der Waals surface area contributed by atoms with Crippen LogP contribution in [0.25, 0.3) is 11.0 Å². The first-order chi connectivity index (χ1) is 9.74. The zero-order valence-electron chi connectivity index (χ0n) is 10.8. The molecule has 0 radical (unpaired) electrons. The lowest BCUT2D eigenvalue weighted by Crippen LogP contribution is -2.15. The second-order valence-corrected chi connectivity index (χ2v) is 5.54. The van der Waals surface area contributed by atoms with Crippen molar-refractivity contribution >= 4 is 27.0 Å². The van der Waals surface area contributed by atoms with Gasteiger partial charge in [0.05, 0.1) is 29.0 Å². The molecular weight excluding hydrogens is 314 g/mol. The number of nitrogens with two attached hydrogens (primary N) is 1. The molecule has 3 nitrogen and oxygen atoms in total. The molecule has 0 saturated heterocycles. The fourth-order valence-corrected chi connectivity index (χ4v) is 2.60. The van der Waals surface area contributed by atoms with Crippen LogP contribution in [0.3, 0.4) is 0 Å². The Balaban J connectivity index is 1.89. The molecule has 0 aliphatic carbocycles. The third-order valence-electron chi connectivity index (χ3n) is 3.24. The molecule has 100 valence electrons. The Kier molecular flexibility index (Phi) is 3.76. The molecule has 2 N–H and O–H groups in total. The zero-order valence-corrected chi connectivity index (χ0v) is 12.4. The fraction of sp³-hybridized carbons (Fsp3) is 0.125. The maximum atomic E-state index is 6.26. The maximum Gasteiger partial charge on any atom is 0.0890 e. The van der Waals surface area contributed by atoms with E-state index in [1.807, 2.05) is 42.5 Å². The Morgan fingerprint density at radius 3 is 2.50 bits per heavy atom. The molecular formula is C16H14BrN3. The van der Waals surface area contributed by atoms with Crippen LogP contribution in [0.1, 0.15) is 17.3 Å². The Morgan fingerprint density at radius 1 is 1.00 bits per heavy atom. The number of hydrogen-bond acceptors (Lipinski definition) is 3. The number of para-hydroxylation sites is 2. The quantitative estimate of drug-likeness (QED) is 0.799. The Labute approximate surface area is 126 Å². The standard InChI is InChI=1S/C16H14BrN3/c17-12-6-2-1-5-11(12)9-13(18)16-10-19-14-7-3-4-8-15(14)20-16/h1-8,10,13H,9,18H2. The number of fused-ring (bicyclic) bond motifs is 1. The molecule has 0 bridgehead atoms. The van der Waals surface area contributed by atoms with E-state index in [1.165, 1.54) is 5.56 Å². The van der Waals surface area contributed by atoms with Gasteiger partial charge in [-0.05, 0) is 30.2 Å². The Morgan fingerprint density at radius 2 is 1.70 bits per heavy atom. The maximum absolute atomic E-state index is 6.26. The molecule has 1 aromatic heterocycles. The van der Waals surface area contributed by atoms with Crippen LogP contribution in [0.4, 0.5) is 0 Å². The lowest BCUT2D eigenvalue weighted by atomic mass is 10.0. The van der Waals surface area contributed by atoms with Crippen LogP contribution in [-0.2, 0) is 6.42 Å². The Hall–Kier alpha value is -1.78. The second kappa shape index (κ2) is 5.69. The number of hydrogen-bond donors (Lipinski definition) is 1. The minimum atomic E-state index is -0.161. The summed E-state index contributed by atoms with van der Waals surface area (Å²) in [7, 11) is 0. The van der Waals surface area contributed by atoms with E-state index in [0.717, 1.165) is 27.6 Å². The van der Waals surface area contributed by atoms with Crippen LogP contribution in [0.15, 0.2) is 59.2 Å². The van der Waals surface area contributed by atoms with Crippen LogP contribution in [-0.4, -0.2) is 9.97 Å². The fourth-order valence-electron chi connectivity index (χ4n) is 2.16. The van der Waals surface area contributed by atoms with Crippen molar-refractivity contribution in [3.05, 3.63) is 70.5 Å². The lowest BCUT2D eigenvalue weighted by molar-refractivity contribution is 0.694. The smallest absolute Gasteiger partial charge is 0.0890 e. The van der Waals surface area contributed by atoms with Gasteiger partial charge in [-0.25, -0.2) is 4.98 Å². The summed E-state index contributed by atoms with van der Waals surface area (Å²) in [5.74, 6) is 0. The van der Waals surface area contributed by atoms with Crippen molar-refractivity contribution in [1.82, 2.24) is 9.97 Å². The minimum Gasteiger partial charge on any atom is -0.322 e. The largest absolute Gasteiger partial charge is 0.322 e. The summed E-state index contributed by atoms with van der Waals surface area (Å²) in [6.07, 6.45) is 2.50. The summed E-state index contributed by atoms with van der Waals surface area (Å²) in [6, 6.07) is 15.8. The highest BCUT2D eigenvalue weighted by atomic mass is 79.9. The van der Waals surface area contributed by atoms with Gasteiger partial charge in [-0.3, -0.25) is 4.98 Å². The molecule has 4 heteroatoms. The molecule has 0 spiro atoms. The molecule has 3 aromatic rings. The summed E-state index contributed by atoms with van der Waals surface area (Å²) < 4.78 is 1.07. The summed E-state index contributed by atoms with van der Waals surface area (Å²) in [4.78, 5) is 9.01. The molecule has 0 amide bonds. The molecule has 0 aliphatic rings. The predicted molar refractivity (Wildman–Crippen MR) is 84.3 cm³/mol. The van der Waals surface area contributed by atoms with E-state index in [2.05, 4.69) is 32.0 Å². The van der Waals surface area contributed by atoms with E-state index in [9.17, 15) is 0 Å². The van der Waals surface area contributed by atoms with Gasteiger partial charge in [-0.2, -0.15) is 0 Å². The highest BCUT2D eigenvalue weighted by molar-refractivity contribution is 9.10. The molecule has 1 atom stereocenters. The van der Waals surface area contributed by atoms with E-state index < -0.39 is 0 Å². The van der Waals surface area contributed by atoms with Crippen molar-refractivity contribution in [2.75, 3.05) is 0 Å². The van der Waals surface area contributed by atoms with Gasteiger partial charge in [0.15, 0.2) is 0 Å². The lowest BCUT2D eigenvalue weighted by Gasteiger charge is -2.12. The van der Waals surface area contributed by atoms with Crippen molar-refractivity contribution in [3.63, 3.8) is 0 Å². The van der Waals surface area contributed by atoms with Crippen molar-refractivity contribution in [3.8, 4) is 0 Å². The van der Waals surface area contributed by atoms with Crippen LogP contribution in [0.2, 0.25) is 0 Å². The molecule has 1 heterocycles. The van der Waals surface area contributed by atoms with E-state index in [0.29, 0.717) is 0 Å². The topological polar surface area (TPSA) is 51.8 Å². The van der Waals surface area contributed by atoms with Crippen LogP contribution in [0.5, 0.6) is 0 Å². The number of nitrogens with zero attached hydrogens (tertiary/aromatic N) is 2. The number of halogens is 1. The SMILES string of the molecule is NC(Cc1ccccc1Br)c1cnc2ccccc2n1. The van der Waals surface area contributed by atoms with E-state index in [1.54, 1.807) is 6.20 Å². The zero-order chi connectivity index (χ0) is 13.9. The summed E-state index contributed by atoms with van der Waals surface area (Å²) >= 11 is 3.55. The van der Waals surface area contributed by atoms with E-state index >= 15 is 0 Å². The first-order valence-electron chi connectivity index (χ1n) is 6.45. The van der Waals surface area contributed by atoms with Gasteiger partial charge in [0, 0.05) is 4.47 Å². The first-order valence-corrected chi connectivity index (χ1v) is 7.24. The van der Waals surface area contributed by atoms with Crippen molar-refractivity contribution in [2.45, 2.75) is 12.5 Å². The monoisotopic (exact) mass is 327 g/mol. The van der Waals surface area contributed by atoms with Crippen molar-refractivity contribution in [1.29, 1.82) is 0 Å². The number of aromatic nitrogens is 2. The van der Waals surface area contributed by atoms with Crippen LogP contribution < -0.4 is 5.73 Å². The normalized spacial score (nSPS) is 12.5. The van der Waals surface area contributed by atoms with E-state index in [-0.39, 0.29) is 6.04 Å². The van der Waals surface area contributed by atoms with Gasteiger partial charge >= 0.3 is 0 Å². The molecule has 1 unspecified atom stereocenters. The molecule has 0 saturated carbocycles. The van der Waals surface area contributed by atoms with Gasteiger partial charge in [0.1, 0.15) is 0 Å². The second-order valence-electron chi connectivity index (χ2n) is 4.69.